The highest BCUT2D eigenvalue weighted by atomic mass is 19.3. The fraction of sp³-hybridized carbons (Fsp3) is 1.00. The Morgan fingerprint density at radius 2 is 1.00 bits per heavy atom. The molecule has 0 radical (unpaired) electrons. The monoisotopic (exact) mass is 212 g/mol. The molecule has 0 aliphatic heterocycles. The van der Waals surface area contributed by atoms with E-state index in [-0.39, 0.29) is 0 Å². The molecule has 0 aromatic carbocycles. The summed E-state index contributed by atoms with van der Waals surface area (Å²) in [7, 11) is 0. The number of alkyl halides is 3. The largest absolute Gasteiger partial charge is 0.357 e. The van der Waals surface area contributed by atoms with Crippen LogP contribution in [-0.2, 0) is 0 Å². The van der Waals surface area contributed by atoms with Crippen LogP contribution in [0, 0.1) is 10.8 Å². The van der Waals surface area contributed by atoms with Gasteiger partial charge in [0.15, 0.2) is 0 Å². The van der Waals surface area contributed by atoms with Gasteiger partial charge in [-0.3, -0.25) is 0 Å². The Labute approximate surface area is 83.3 Å². The van der Waals surface area contributed by atoms with Crippen molar-refractivity contribution < 1.29 is 18.3 Å². The first kappa shape index (κ1) is 13.8. The maximum atomic E-state index is 13.7. The minimum absolute atomic E-state index is 1.20. The van der Waals surface area contributed by atoms with Crippen LogP contribution < -0.4 is 0 Å². The molecule has 0 aliphatic carbocycles. The maximum Gasteiger partial charge on any atom is 0.310 e. The lowest BCUT2D eigenvalue weighted by Gasteiger charge is -2.44. The van der Waals surface area contributed by atoms with Gasteiger partial charge in [-0.2, -0.15) is 8.78 Å². The normalized spacial score (nSPS) is 19.3. The van der Waals surface area contributed by atoms with E-state index in [0.717, 1.165) is 0 Å². The second-order valence-electron chi connectivity index (χ2n) is 5.70. The van der Waals surface area contributed by atoms with Crippen molar-refractivity contribution in [2.45, 2.75) is 53.3 Å². The summed E-state index contributed by atoms with van der Waals surface area (Å²) in [4.78, 5) is 0. The Balaban J connectivity index is 5.30. The molecule has 0 saturated heterocycles. The summed E-state index contributed by atoms with van der Waals surface area (Å²) in [6, 6.07) is 0. The van der Waals surface area contributed by atoms with Crippen molar-refractivity contribution in [2.75, 3.05) is 0 Å². The third kappa shape index (κ3) is 1.90. The highest BCUT2D eigenvalue weighted by Gasteiger charge is 2.66. The van der Waals surface area contributed by atoms with Gasteiger partial charge in [0.05, 0.1) is 0 Å². The molecular formula is C10H19F3O. The Morgan fingerprint density at radius 3 is 1.07 bits per heavy atom. The molecule has 1 N–H and O–H groups in total. The van der Waals surface area contributed by atoms with Gasteiger partial charge in [-0.1, -0.05) is 41.5 Å². The summed E-state index contributed by atoms with van der Waals surface area (Å²) in [6.07, 6.45) is 0. The first-order valence-corrected chi connectivity index (χ1v) is 4.54. The predicted molar refractivity (Wildman–Crippen MR) is 49.9 cm³/mol. The van der Waals surface area contributed by atoms with Gasteiger partial charge in [0.25, 0.3) is 5.85 Å². The second kappa shape index (κ2) is 3.12. The van der Waals surface area contributed by atoms with E-state index in [9.17, 15) is 18.3 Å². The van der Waals surface area contributed by atoms with E-state index in [1.807, 2.05) is 0 Å². The minimum Gasteiger partial charge on any atom is -0.357 e. The number of rotatable bonds is 1. The number of hydrogen-bond donors (Lipinski definition) is 1. The van der Waals surface area contributed by atoms with Crippen LogP contribution in [-0.4, -0.2) is 16.9 Å². The summed E-state index contributed by atoms with van der Waals surface area (Å²) in [6.45, 7) is 7.32. The van der Waals surface area contributed by atoms with E-state index >= 15 is 0 Å². The summed E-state index contributed by atoms with van der Waals surface area (Å²) < 4.78 is 40.8. The van der Waals surface area contributed by atoms with Crippen molar-refractivity contribution in [1.29, 1.82) is 0 Å². The lowest BCUT2D eigenvalue weighted by molar-refractivity contribution is -0.331. The summed E-state index contributed by atoms with van der Waals surface area (Å²) in [5.41, 5.74) is -3.15. The van der Waals surface area contributed by atoms with Crippen LogP contribution >= 0.6 is 0 Å². The van der Waals surface area contributed by atoms with Gasteiger partial charge < -0.3 is 5.11 Å². The van der Waals surface area contributed by atoms with Crippen LogP contribution in [0.5, 0.6) is 0 Å². The molecule has 1 unspecified atom stereocenters. The van der Waals surface area contributed by atoms with Gasteiger partial charge >= 0.3 is 5.92 Å². The molecule has 0 aromatic heterocycles. The molecule has 0 spiro atoms. The Morgan fingerprint density at radius 1 is 0.714 bits per heavy atom. The van der Waals surface area contributed by atoms with Gasteiger partial charge in [-0.15, -0.1) is 0 Å². The molecule has 0 rings (SSSR count). The highest BCUT2D eigenvalue weighted by Crippen LogP contribution is 2.51. The van der Waals surface area contributed by atoms with E-state index in [1.165, 1.54) is 41.5 Å². The number of aliphatic hydroxyl groups is 1. The molecule has 0 aromatic rings. The summed E-state index contributed by atoms with van der Waals surface area (Å²) in [5.74, 6) is -7.31. The molecular weight excluding hydrogens is 193 g/mol. The van der Waals surface area contributed by atoms with Gasteiger partial charge in [-0.05, 0) is 0 Å². The zero-order chi connectivity index (χ0) is 12.0. The molecule has 0 amide bonds. The van der Waals surface area contributed by atoms with Crippen LogP contribution in [0.3, 0.4) is 0 Å². The highest BCUT2D eigenvalue weighted by molar-refractivity contribution is 4.99. The van der Waals surface area contributed by atoms with Crippen molar-refractivity contribution in [3.8, 4) is 0 Å². The fourth-order valence-electron chi connectivity index (χ4n) is 0.968. The molecule has 0 fully saturated rings. The zero-order valence-electron chi connectivity index (χ0n) is 9.58. The molecule has 0 saturated carbocycles. The lowest BCUT2D eigenvalue weighted by Crippen LogP contribution is -2.59. The molecule has 0 bridgehead atoms. The Bertz CT molecular complexity index is 184. The predicted octanol–water partition coefficient (Wildman–Crippen LogP) is 3.37. The summed E-state index contributed by atoms with van der Waals surface area (Å²) >= 11 is 0. The van der Waals surface area contributed by atoms with E-state index in [2.05, 4.69) is 0 Å². The van der Waals surface area contributed by atoms with Crippen molar-refractivity contribution in [1.82, 2.24) is 0 Å². The average molecular weight is 212 g/mol. The Hall–Kier alpha value is -0.250. The third-order valence-electron chi connectivity index (χ3n) is 2.35. The Kier molecular flexibility index (Phi) is 3.07. The van der Waals surface area contributed by atoms with Crippen LogP contribution in [0.4, 0.5) is 13.2 Å². The smallest absolute Gasteiger partial charge is 0.310 e. The van der Waals surface area contributed by atoms with E-state index in [1.54, 1.807) is 0 Å². The van der Waals surface area contributed by atoms with Crippen molar-refractivity contribution in [3.63, 3.8) is 0 Å². The van der Waals surface area contributed by atoms with Gasteiger partial charge in [-0.25, -0.2) is 4.39 Å². The lowest BCUT2D eigenvalue weighted by atomic mass is 9.73. The fourth-order valence-corrected chi connectivity index (χ4v) is 0.968. The molecule has 0 aliphatic rings. The first-order valence-electron chi connectivity index (χ1n) is 4.54. The SMILES string of the molecule is CC(C)(C)C(O)(F)C(F)(F)C(C)(C)C. The molecule has 14 heavy (non-hydrogen) atoms. The molecule has 1 nitrogen and oxygen atoms in total. The third-order valence-corrected chi connectivity index (χ3v) is 2.35. The topological polar surface area (TPSA) is 20.2 Å². The molecule has 0 heterocycles. The van der Waals surface area contributed by atoms with Gasteiger partial charge in [0, 0.05) is 10.8 Å². The average Bonchev–Trinajstić information content (AvgIpc) is 1.81. The van der Waals surface area contributed by atoms with Crippen molar-refractivity contribution >= 4 is 0 Å². The standard InChI is InChI=1S/C10H19F3O/c1-7(2,3)9(11,12)10(13,14)8(4,5)6/h14H,1-6H3. The van der Waals surface area contributed by atoms with E-state index < -0.39 is 22.6 Å². The first-order chi connectivity index (χ1) is 5.75. The zero-order valence-corrected chi connectivity index (χ0v) is 9.58. The van der Waals surface area contributed by atoms with E-state index in [4.69, 9.17) is 0 Å². The van der Waals surface area contributed by atoms with E-state index in [0.29, 0.717) is 0 Å². The number of halogens is 3. The molecule has 86 valence electrons. The van der Waals surface area contributed by atoms with Crippen molar-refractivity contribution in [3.05, 3.63) is 0 Å². The maximum absolute atomic E-state index is 13.7. The quantitative estimate of drug-likeness (QED) is 0.706. The van der Waals surface area contributed by atoms with Gasteiger partial charge in [0.2, 0.25) is 0 Å². The summed E-state index contributed by atoms with van der Waals surface area (Å²) in [5, 5.41) is 9.30. The van der Waals surface area contributed by atoms with Gasteiger partial charge in [0.1, 0.15) is 0 Å². The minimum atomic E-state index is -3.79. The van der Waals surface area contributed by atoms with Crippen molar-refractivity contribution in [2.24, 2.45) is 10.8 Å². The number of hydrogen-bond acceptors (Lipinski definition) is 1. The van der Waals surface area contributed by atoms with Crippen LogP contribution in [0.25, 0.3) is 0 Å². The van der Waals surface area contributed by atoms with Crippen LogP contribution in [0.2, 0.25) is 0 Å². The molecule has 1 atom stereocenters. The second-order valence-corrected chi connectivity index (χ2v) is 5.70. The van der Waals surface area contributed by atoms with Crippen LogP contribution in [0.1, 0.15) is 41.5 Å². The molecule has 4 heteroatoms. The van der Waals surface area contributed by atoms with Crippen LogP contribution in [0.15, 0.2) is 0 Å².